The van der Waals surface area contributed by atoms with Crippen molar-refractivity contribution in [3.05, 3.63) is 0 Å². The molecule has 0 amide bonds. The Kier molecular flexibility index (Phi) is 5.04. The maximum Gasteiger partial charge on any atom is 0.215 e. The molecule has 4 nitrogen and oxygen atoms in total. The highest BCUT2D eigenvalue weighted by Crippen LogP contribution is 2.26. The van der Waals surface area contributed by atoms with Gasteiger partial charge < -0.3 is 5.32 Å². The molecule has 0 aromatic rings. The molecule has 1 saturated heterocycles. The van der Waals surface area contributed by atoms with Gasteiger partial charge in [-0.15, -0.1) is 0 Å². The average Bonchev–Trinajstić information content (AvgIpc) is 2.83. The zero-order valence-electron chi connectivity index (χ0n) is 11.4. The van der Waals surface area contributed by atoms with Crippen molar-refractivity contribution in [2.45, 2.75) is 64.0 Å². The molecule has 0 radical (unpaired) electrons. The highest BCUT2D eigenvalue weighted by Gasteiger charge is 2.32. The topological polar surface area (TPSA) is 49.4 Å². The first kappa shape index (κ1) is 14.3. The van der Waals surface area contributed by atoms with Crippen LogP contribution in [0.1, 0.15) is 51.9 Å². The van der Waals surface area contributed by atoms with Crippen LogP contribution in [0.15, 0.2) is 0 Å². The highest BCUT2D eigenvalue weighted by atomic mass is 32.2. The Morgan fingerprint density at radius 1 is 1.11 bits per heavy atom. The first-order chi connectivity index (χ1) is 8.63. The number of nitrogens with one attached hydrogen (secondary N) is 1. The molecule has 1 aliphatic heterocycles. The van der Waals surface area contributed by atoms with Gasteiger partial charge in [0.15, 0.2) is 0 Å². The molecule has 5 heteroatoms. The number of piperidine rings is 1. The number of rotatable bonds is 5. The van der Waals surface area contributed by atoms with E-state index in [0.29, 0.717) is 6.54 Å². The molecule has 0 bridgehead atoms. The van der Waals surface area contributed by atoms with Gasteiger partial charge in [0, 0.05) is 18.6 Å². The van der Waals surface area contributed by atoms with Gasteiger partial charge in [-0.1, -0.05) is 26.2 Å². The van der Waals surface area contributed by atoms with E-state index >= 15 is 0 Å². The van der Waals surface area contributed by atoms with Crippen LogP contribution in [0.3, 0.4) is 0 Å². The molecule has 0 aromatic carbocycles. The quantitative estimate of drug-likeness (QED) is 0.830. The summed E-state index contributed by atoms with van der Waals surface area (Å²) in [6.45, 7) is 3.56. The molecule has 18 heavy (non-hydrogen) atoms. The zero-order valence-corrected chi connectivity index (χ0v) is 12.2. The fourth-order valence-corrected chi connectivity index (χ4v) is 5.33. The maximum atomic E-state index is 12.5. The molecule has 1 aliphatic carbocycles. The minimum atomic E-state index is -3.08. The van der Waals surface area contributed by atoms with Gasteiger partial charge in [0.1, 0.15) is 0 Å². The van der Waals surface area contributed by atoms with E-state index in [1.54, 1.807) is 4.31 Å². The first-order valence-corrected chi connectivity index (χ1v) is 8.97. The summed E-state index contributed by atoms with van der Waals surface area (Å²) < 4.78 is 26.8. The molecule has 1 saturated carbocycles. The van der Waals surface area contributed by atoms with Crippen molar-refractivity contribution in [2.75, 3.05) is 18.8 Å². The fraction of sp³-hybridized carbons (Fsp3) is 1.00. The summed E-state index contributed by atoms with van der Waals surface area (Å²) in [7, 11) is -3.08. The molecule has 106 valence electrons. The lowest BCUT2D eigenvalue weighted by Crippen LogP contribution is -2.46. The number of hydrogen-bond acceptors (Lipinski definition) is 3. The molecule has 2 aliphatic rings. The van der Waals surface area contributed by atoms with Crippen molar-refractivity contribution in [3.8, 4) is 0 Å². The molecule has 1 N–H and O–H groups in total. The van der Waals surface area contributed by atoms with E-state index in [-0.39, 0.29) is 17.8 Å². The smallest absolute Gasteiger partial charge is 0.215 e. The van der Waals surface area contributed by atoms with Crippen LogP contribution in [0, 0.1) is 0 Å². The summed E-state index contributed by atoms with van der Waals surface area (Å²) in [6.07, 6.45) is 7.79. The average molecular weight is 274 g/mol. The highest BCUT2D eigenvalue weighted by molar-refractivity contribution is 7.89. The van der Waals surface area contributed by atoms with E-state index in [9.17, 15) is 8.42 Å². The van der Waals surface area contributed by atoms with Crippen molar-refractivity contribution in [1.82, 2.24) is 9.62 Å². The standard InChI is InChI=1S/C13H26N2O2S/c1-2-15(13-8-3-4-9-13)18(16,17)11-12-7-5-6-10-14-12/h12-14H,2-11H2,1H3. The predicted octanol–water partition coefficient (Wildman–Crippen LogP) is 1.72. The van der Waals surface area contributed by atoms with Crippen molar-refractivity contribution in [1.29, 1.82) is 0 Å². The Morgan fingerprint density at radius 2 is 1.78 bits per heavy atom. The van der Waals surface area contributed by atoms with Crippen LogP contribution in [-0.2, 0) is 10.0 Å². The molecule has 0 aromatic heterocycles. The van der Waals surface area contributed by atoms with Gasteiger partial charge in [-0.2, -0.15) is 4.31 Å². The van der Waals surface area contributed by atoms with Crippen molar-refractivity contribution in [2.24, 2.45) is 0 Å². The van der Waals surface area contributed by atoms with Crippen LogP contribution in [0.25, 0.3) is 0 Å². The Balaban J connectivity index is 1.98. The summed E-state index contributed by atoms with van der Waals surface area (Å²) in [6, 6.07) is 0.433. The van der Waals surface area contributed by atoms with Gasteiger partial charge in [-0.25, -0.2) is 8.42 Å². The van der Waals surface area contributed by atoms with Gasteiger partial charge in [0.05, 0.1) is 5.75 Å². The summed E-state index contributed by atoms with van der Waals surface area (Å²) in [5, 5.41) is 3.34. The van der Waals surface area contributed by atoms with Crippen LogP contribution in [0.5, 0.6) is 0 Å². The lowest BCUT2D eigenvalue weighted by Gasteiger charge is -2.30. The van der Waals surface area contributed by atoms with Crippen LogP contribution < -0.4 is 5.32 Å². The molecular formula is C13H26N2O2S. The van der Waals surface area contributed by atoms with Gasteiger partial charge >= 0.3 is 0 Å². The van der Waals surface area contributed by atoms with Gasteiger partial charge in [-0.05, 0) is 32.2 Å². The second-order valence-corrected chi connectivity index (χ2v) is 7.53. The molecule has 1 unspecified atom stereocenters. The largest absolute Gasteiger partial charge is 0.313 e. The summed E-state index contributed by atoms with van der Waals surface area (Å²) in [5.41, 5.74) is 0. The third-order valence-electron chi connectivity index (χ3n) is 4.23. The molecule has 2 fully saturated rings. The van der Waals surface area contributed by atoms with Gasteiger partial charge in [0.25, 0.3) is 0 Å². The Morgan fingerprint density at radius 3 is 2.33 bits per heavy atom. The second kappa shape index (κ2) is 6.35. The van der Waals surface area contributed by atoms with E-state index in [1.165, 1.54) is 19.3 Å². The number of nitrogens with zero attached hydrogens (tertiary/aromatic N) is 1. The van der Waals surface area contributed by atoms with Crippen LogP contribution in [0.4, 0.5) is 0 Å². The fourth-order valence-electron chi connectivity index (χ4n) is 3.29. The van der Waals surface area contributed by atoms with Crippen LogP contribution >= 0.6 is 0 Å². The maximum absolute atomic E-state index is 12.5. The minimum absolute atomic E-state index is 0.166. The number of hydrogen-bond donors (Lipinski definition) is 1. The predicted molar refractivity (Wildman–Crippen MR) is 74.1 cm³/mol. The molecule has 1 heterocycles. The van der Waals surface area contributed by atoms with Crippen molar-refractivity contribution >= 4 is 10.0 Å². The van der Waals surface area contributed by atoms with E-state index in [4.69, 9.17) is 0 Å². The minimum Gasteiger partial charge on any atom is -0.313 e. The lowest BCUT2D eigenvalue weighted by atomic mass is 10.1. The molecular weight excluding hydrogens is 248 g/mol. The van der Waals surface area contributed by atoms with Crippen LogP contribution in [0.2, 0.25) is 0 Å². The SMILES string of the molecule is CCN(C1CCCC1)S(=O)(=O)CC1CCCCN1. The first-order valence-electron chi connectivity index (χ1n) is 7.36. The normalized spacial score (nSPS) is 26.9. The van der Waals surface area contributed by atoms with Crippen LogP contribution in [-0.4, -0.2) is 43.6 Å². The Labute approximate surface area is 111 Å². The lowest BCUT2D eigenvalue weighted by molar-refractivity contribution is 0.329. The number of sulfonamides is 1. The zero-order chi connectivity index (χ0) is 13.0. The summed E-state index contributed by atoms with van der Waals surface area (Å²) in [5.74, 6) is 0.289. The Bertz CT molecular complexity index is 344. The van der Waals surface area contributed by atoms with E-state index in [1.807, 2.05) is 6.92 Å². The monoisotopic (exact) mass is 274 g/mol. The third-order valence-corrected chi connectivity index (χ3v) is 6.32. The summed E-state index contributed by atoms with van der Waals surface area (Å²) in [4.78, 5) is 0. The van der Waals surface area contributed by atoms with Gasteiger partial charge in [-0.3, -0.25) is 0 Å². The van der Waals surface area contributed by atoms with E-state index < -0.39 is 10.0 Å². The summed E-state index contributed by atoms with van der Waals surface area (Å²) >= 11 is 0. The van der Waals surface area contributed by atoms with Gasteiger partial charge in [0.2, 0.25) is 10.0 Å². The van der Waals surface area contributed by atoms with E-state index in [2.05, 4.69) is 5.32 Å². The Hall–Kier alpha value is -0.130. The van der Waals surface area contributed by atoms with Crippen molar-refractivity contribution in [3.63, 3.8) is 0 Å². The third kappa shape index (κ3) is 3.45. The van der Waals surface area contributed by atoms with E-state index in [0.717, 1.165) is 32.2 Å². The molecule has 0 spiro atoms. The molecule has 1 atom stereocenters. The van der Waals surface area contributed by atoms with Crippen molar-refractivity contribution < 1.29 is 8.42 Å². The molecule has 2 rings (SSSR count). The second-order valence-electron chi connectivity index (χ2n) is 5.57.